The molecule has 0 spiro atoms. The summed E-state index contributed by atoms with van der Waals surface area (Å²) in [5, 5.41) is 7.48. The van der Waals surface area contributed by atoms with Crippen LogP contribution in [0, 0.1) is 0 Å². The van der Waals surface area contributed by atoms with Gasteiger partial charge < -0.3 is 15.0 Å². The molecule has 0 bridgehead atoms. The normalized spacial score (nSPS) is 19.2. The minimum atomic E-state index is -0.0846. The molecular weight excluding hydrogens is 282 g/mol. The van der Waals surface area contributed by atoms with E-state index in [0.717, 1.165) is 44.8 Å². The Hall–Kier alpha value is -1.60. The van der Waals surface area contributed by atoms with Crippen LogP contribution in [0.1, 0.15) is 29.8 Å². The number of carbonyl (C=O) groups excluding carboxylic acids is 1. The lowest BCUT2D eigenvalue weighted by atomic mass is 10.1. The summed E-state index contributed by atoms with van der Waals surface area (Å²) in [5.41, 5.74) is 3.55. The second kappa shape index (κ2) is 6.26. The molecule has 22 heavy (non-hydrogen) atoms. The number of carbonyl (C=O) groups is 1. The minimum Gasteiger partial charge on any atom is -0.381 e. The van der Waals surface area contributed by atoms with Crippen molar-refractivity contribution >= 4 is 6.03 Å². The topological polar surface area (TPSA) is 62.6 Å². The average molecular weight is 307 g/mol. The van der Waals surface area contributed by atoms with Crippen LogP contribution in [-0.4, -0.2) is 59.0 Å². The number of nitrogens with one attached hydrogen (secondary N) is 1. The van der Waals surface area contributed by atoms with E-state index < -0.39 is 0 Å². The summed E-state index contributed by atoms with van der Waals surface area (Å²) in [6.07, 6.45) is 2.21. The minimum absolute atomic E-state index is 0.0846. The van der Waals surface area contributed by atoms with Gasteiger partial charge in [-0.1, -0.05) is 0 Å². The first-order valence-electron chi connectivity index (χ1n) is 7.87. The monoisotopic (exact) mass is 307 g/mol. The van der Waals surface area contributed by atoms with E-state index in [-0.39, 0.29) is 6.03 Å². The molecule has 3 rings (SSSR count). The Morgan fingerprint density at radius 3 is 2.77 bits per heavy atom. The van der Waals surface area contributed by atoms with Gasteiger partial charge in [0, 0.05) is 59.1 Å². The molecule has 0 unspecified atom stereocenters. The third kappa shape index (κ3) is 2.96. The predicted octanol–water partition coefficient (Wildman–Crippen LogP) is 0.686. The van der Waals surface area contributed by atoms with E-state index >= 15 is 0 Å². The molecule has 0 aliphatic carbocycles. The first-order chi connectivity index (χ1) is 10.6. The van der Waals surface area contributed by atoms with Gasteiger partial charge in [-0.25, -0.2) is 4.79 Å². The van der Waals surface area contributed by atoms with Gasteiger partial charge in [-0.15, -0.1) is 0 Å². The van der Waals surface area contributed by atoms with Crippen LogP contribution < -0.4 is 5.32 Å². The quantitative estimate of drug-likeness (QED) is 0.892. The highest BCUT2D eigenvalue weighted by molar-refractivity contribution is 5.73. The average Bonchev–Trinajstić information content (AvgIpc) is 3.07. The number of hydrogen-bond acceptors (Lipinski definition) is 4. The molecule has 0 saturated carbocycles. The summed E-state index contributed by atoms with van der Waals surface area (Å²) in [4.78, 5) is 15.7. The first-order valence-corrected chi connectivity index (χ1v) is 7.87. The number of ether oxygens (including phenoxy) is 1. The van der Waals surface area contributed by atoms with Crippen LogP contribution in [0.3, 0.4) is 0 Å². The number of hydrogen-bond donors (Lipinski definition) is 1. The maximum Gasteiger partial charge on any atom is 0.317 e. The van der Waals surface area contributed by atoms with E-state index in [4.69, 9.17) is 4.74 Å². The highest BCUT2D eigenvalue weighted by Crippen LogP contribution is 2.29. The molecule has 1 aromatic heterocycles. The molecule has 1 saturated heterocycles. The van der Waals surface area contributed by atoms with Gasteiger partial charge in [-0.05, 0) is 12.8 Å². The van der Waals surface area contributed by atoms with Crippen LogP contribution in [0.4, 0.5) is 4.79 Å². The number of aromatic nitrogens is 2. The van der Waals surface area contributed by atoms with Crippen LogP contribution in [0.2, 0.25) is 0 Å². The van der Waals surface area contributed by atoms with E-state index in [9.17, 15) is 4.79 Å². The molecule has 7 heteroatoms. The van der Waals surface area contributed by atoms with Gasteiger partial charge in [-0.3, -0.25) is 9.58 Å². The number of rotatable bonds is 3. The molecule has 1 fully saturated rings. The number of amides is 2. The Bertz CT molecular complexity index is 548. The molecule has 7 nitrogen and oxygen atoms in total. The van der Waals surface area contributed by atoms with Crippen molar-refractivity contribution in [3.05, 3.63) is 17.0 Å². The summed E-state index contributed by atoms with van der Waals surface area (Å²) in [6.45, 7) is 4.09. The fourth-order valence-corrected chi connectivity index (χ4v) is 3.26. The summed E-state index contributed by atoms with van der Waals surface area (Å²) in [7, 11) is 5.47. The lowest BCUT2D eigenvalue weighted by Crippen LogP contribution is -2.36. The first kappa shape index (κ1) is 15.3. The van der Waals surface area contributed by atoms with Gasteiger partial charge >= 0.3 is 6.03 Å². The van der Waals surface area contributed by atoms with Crippen LogP contribution >= 0.6 is 0 Å². The van der Waals surface area contributed by atoms with Gasteiger partial charge in [0.25, 0.3) is 0 Å². The second-order valence-corrected chi connectivity index (χ2v) is 6.30. The lowest BCUT2D eigenvalue weighted by Gasteiger charge is -2.30. The fraction of sp³-hybridized carbons (Fsp3) is 0.733. The molecule has 1 N–H and O–H groups in total. The maximum atomic E-state index is 11.7. The zero-order valence-electron chi connectivity index (χ0n) is 13.6. The second-order valence-electron chi connectivity index (χ2n) is 6.30. The van der Waals surface area contributed by atoms with Gasteiger partial charge in [-0.2, -0.15) is 5.10 Å². The van der Waals surface area contributed by atoms with Gasteiger partial charge in [0.15, 0.2) is 0 Å². The zero-order chi connectivity index (χ0) is 15.7. The van der Waals surface area contributed by atoms with E-state index in [1.807, 2.05) is 11.7 Å². The SMILES string of the molecule is CN(C)C(=O)NCc1nn(C)c2c1CN(C1CCOCC1)C2. The fourth-order valence-electron chi connectivity index (χ4n) is 3.26. The van der Waals surface area contributed by atoms with Crippen molar-refractivity contribution in [2.24, 2.45) is 7.05 Å². The van der Waals surface area contributed by atoms with Crippen molar-refractivity contribution in [2.45, 2.75) is 38.5 Å². The summed E-state index contributed by atoms with van der Waals surface area (Å²) >= 11 is 0. The number of nitrogens with zero attached hydrogens (tertiary/aromatic N) is 4. The Kier molecular flexibility index (Phi) is 4.35. The highest BCUT2D eigenvalue weighted by Gasteiger charge is 2.31. The summed E-state index contributed by atoms with van der Waals surface area (Å²) in [6, 6.07) is 0.518. The summed E-state index contributed by atoms with van der Waals surface area (Å²) < 4.78 is 7.42. The molecule has 0 aromatic carbocycles. The lowest BCUT2D eigenvalue weighted by molar-refractivity contribution is 0.0318. The molecule has 1 aromatic rings. The predicted molar refractivity (Wildman–Crippen MR) is 82.2 cm³/mol. The Morgan fingerprint density at radius 2 is 2.09 bits per heavy atom. The Balaban J connectivity index is 1.67. The van der Waals surface area contributed by atoms with Gasteiger partial charge in [0.1, 0.15) is 0 Å². The smallest absolute Gasteiger partial charge is 0.317 e. The van der Waals surface area contributed by atoms with Crippen molar-refractivity contribution in [3.63, 3.8) is 0 Å². The van der Waals surface area contributed by atoms with Crippen molar-refractivity contribution in [2.75, 3.05) is 27.3 Å². The van der Waals surface area contributed by atoms with Crippen LogP contribution in [-0.2, 0) is 31.4 Å². The van der Waals surface area contributed by atoms with Crippen LogP contribution in [0.5, 0.6) is 0 Å². The van der Waals surface area contributed by atoms with Gasteiger partial charge in [0.05, 0.1) is 17.9 Å². The van der Waals surface area contributed by atoms with Crippen molar-refractivity contribution in [1.29, 1.82) is 0 Å². The molecule has 2 amide bonds. The molecule has 2 aliphatic rings. The molecule has 122 valence electrons. The van der Waals surface area contributed by atoms with E-state index in [1.54, 1.807) is 14.1 Å². The molecule has 2 aliphatic heterocycles. The molecule has 0 atom stereocenters. The number of fused-ring (bicyclic) bond motifs is 1. The Labute approximate surface area is 131 Å². The number of aryl methyl sites for hydroxylation is 1. The van der Waals surface area contributed by atoms with Crippen LogP contribution in [0.15, 0.2) is 0 Å². The molecule has 3 heterocycles. The molecular formula is C15H25N5O2. The Morgan fingerprint density at radius 1 is 1.36 bits per heavy atom. The summed E-state index contributed by atoms with van der Waals surface area (Å²) in [5.74, 6) is 0. The zero-order valence-corrected chi connectivity index (χ0v) is 13.6. The molecule has 0 radical (unpaired) electrons. The van der Waals surface area contributed by atoms with Crippen molar-refractivity contribution < 1.29 is 9.53 Å². The standard InChI is InChI=1S/C15H25N5O2/c1-18(2)15(21)16-8-13-12-9-20(10-14(12)19(3)17-13)11-4-6-22-7-5-11/h11H,4-10H2,1-3H3,(H,16,21). The third-order valence-corrected chi connectivity index (χ3v) is 4.59. The number of urea groups is 1. The third-order valence-electron chi connectivity index (χ3n) is 4.59. The maximum absolute atomic E-state index is 11.7. The largest absolute Gasteiger partial charge is 0.381 e. The van der Waals surface area contributed by atoms with Crippen molar-refractivity contribution in [1.82, 2.24) is 24.9 Å². The van der Waals surface area contributed by atoms with Gasteiger partial charge in [0.2, 0.25) is 0 Å². The van der Waals surface area contributed by atoms with Crippen LogP contribution in [0.25, 0.3) is 0 Å². The van der Waals surface area contributed by atoms with E-state index in [0.29, 0.717) is 12.6 Å². The highest BCUT2D eigenvalue weighted by atomic mass is 16.5. The van der Waals surface area contributed by atoms with Crippen molar-refractivity contribution in [3.8, 4) is 0 Å². The van der Waals surface area contributed by atoms with E-state index in [2.05, 4.69) is 15.3 Å². The van der Waals surface area contributed by atoms with E-state index in [1.165, 1.54) is 16.2 Å².